The molecule has 0 aliphatic carbocycles. The van der Waals surface area contributed by atoms with Crippen LogP contribution in [0.25, 0.3) is 11.3 Å². The van der Waals surface area contributed by atoms with Crippen LogP contribution in [0, 0.1) is 0 Å². The van der Waals surface area contributed by atoms with Gasteiger partial charge in [-0.25, -0.2) is 0 Å². The normalized spacial score (nSPS) is 15.8. The van der Waals surface area contributed by atoms with E-state index in [0.29, 0.717) is 16.7 Å². The Balaban J connectivity index is 1.77. The lowest BCUT2D eigenvalue weighted by atomic mass is 10.1. The Kier molecular flexibility index (Phi) is 5.33. The van der Waals surface area contributed by atoms with Crippen LogP contribution in [0.5, 0.6) is 5.88 Å². The largest absolute Gasteiger partial charge is 0.452 e. The SMILES string of the molecule is CCCCCCSc1nnc2c(n1)O[C@H](C)Nc1ccccc1-2. The molecule has 0 amide bonds. The number of ether oxygens (including phenoxy) is 1. The fourth-order valence-electron chi connectivity index (χ4n) is 2.53. The minimum Gasteiger partial charge on any atom is -0.452 e. The van der Waals surface area contributed by atoms with Gasteiger partial charge in [0.2, 0.25) is 11.0 Å². The first-order valence-corrected chi connectivity index (χ1v) is 9.16. The van der Waals surface area contributed by atoms with E-state index in [1.54, 1.807) is 11.8 Å². The molecule has 2 heterocycles. The molecule has 2 aromatic rings. The molecule has 0 fully saturated rings. The molecule has 1 atom stereocenters. The van der Waals surface area contributed by atoms with Crippen molar-refractivity contribution in [2.45, 2.75) is 50.9 Å². The molecular weight excluding hydrogens is 308 g/mol. The Morgan fingerprint density at radius 3 is 2.91 bits per heavy atom. The van der Waals surface area contributed by atoms with Crippen LogP contribution in [0.2, 0.25) is 0 Å². The van der Waals surface area contributed by atoms with Crippen molar-refractivity contribution in [3.05, 3.63) is 24.3 Å². The monoisotopic (exact) mass is 330 g/mol. The summed E-state index contributed by atoms with van der Waals surface area (Å²) in [4.78, 5) is 4.57. The van der Waals surface area contributed by atoms with Gasteiger partial charge < -0.3 is 10.1 Å². The van der Waals surface area contributed by atoms with Crippen LogP contribution in [0.1, 0.15) is 39.5 Å². The first-order chi connectivity index (χ1) is 11.3. The number of rotatable bonds is 6. The van der Waals surface area contributed by atoms with Gasteiger partial charge in [0, 0.05) is 17.0 Å². The van der Waals surface area contributed by atoms with E-state index < -0.39 is 0 Å². The summed E-state index contributed by atoms with van der Waals surface area (Å²) in [6.07, 6.45) is 4.82. The number of anilines is 1. The molecule has 23 heavy (non-hydrogen) atoms. The van der Waals surface area contributed by atoms with Gasteiger partial charge in [-0.1, -0.05) is 56.1 Å². The molecule has 1 aliphatic rings. The predicted molar refractivity (Wildman–Crippen MR) is 93.8 cm³/mol. The highest BCUT2D eigenvalue weighted by molar-refractivity contribution is 7.99. The molecule has 0 unspecified atom stereocenters. The van der Waals surface area contributed by atoms with Gasteiger partial charge in [-0.3, -0.25) is 0 Å². The van der Waals surface area contributed by atoms with Crippen molar-refractivity contribution in [2.24, 2.45) is 0 Å². The van der Waals surface area contributed by atoms with Crippen molar-refractivity contribution in [3.8, 4) is 17.1 Å². The minimum absolute atomic E-state index is 0.156. The van der Waals surface area contributed by atoms with Crippen molar-refractivity contribution in [3.63, 3.8) is 0 Å². The Morgan fingerprint density at radius 1 is 1.17 bits per heavy atom. The van der Waals surface area contributed by atoms with E-state index in [4.69, 9.17) is 4.74 Å². The molecule has 0 radical (unpaired) electrons. The lowest BCUT2D eigenvalue weighted by molar-refractivity contribution is 0.240. The zero-order valence-electron chi connectivity index (χ0n) is 13.6. The lowest BCUT2D eigenvalue weighted by Gasteiger charge is -2.13. The molecule has 5 nitrogen and oxygen atoms in total. The van der Waals surface area contributed by atoms with Crippen molar-refractivity contribution < 1.29 is 4.74 Å². The van der Waals surface area contributed by atoms with Crippen LogP contribution in [0.3, 0.4) is 0 Å². The maximum absolute atomic E-state index is 5.89. The highest BCUT2D eigenvalue weighted by Gasteiger charge is 2.22. The van der Waals surface area contributed by atoms with Crippen LogP contribution >= 0.6 is 11.8 Å². The number of para-hydroxylation sites is 1. The third kappa shape index (κ3) is 3.93. The maximum Gasteiger partial charge on any atom is 0.247 e. The van der Waals surface area contributed by atoms with Crippen molar-refractivity contribution in [1.29, 1.82) is 0 Å². The van der Waals surface area contributed by atoms with E-state index in [-0.39, 0.29) is 6.23 Å². The summed E-state index contributed by atoms with van der Waals surface area (Å²) in [7, 11) is 0. The van der Waals surface area contributed by atoms with E-state index in [9.17, 15) is 0 Å². The average molecular weight is 330 g/mol. The van der Waals surface area contributed by atoms with Gasteiger partial charge >= 0.3 is 0 Å². The minimum atomic E-state index is -0.156. The van der Waals surface area contributed by atoms with Crippen LogP contribution < -0.4 is 10.1 Å². The lowest BCUT2D eigenvalue weighted by Crippen LogP contribution is -2.21. The second kappa shape index (κ2) is 7.64. The van der Waals surface area contributed by atoms with Crippen LogP contribution in [0.4, 0.5) is 5.69 Å². The number of fused-ring (bicyclic) bond motifs is 3. The molecule has 1 aromatic carbocycles. The number of aromatic nitrogens is 3. The molecule has 0 saturated heterocycles. The van der Waals surface area contributed by atoms with E-state index in [2.05, 4.69) is 27.4 Å². The van der Waals surface area contributed by atoms with Gasteiger partial charge in [-0.2, -0.15) is 4.98 Å². The highest BCUT2D eigenvalue weighted by Crippen LogP contribution is 2.36. The molecule has 1 aromatic heterocycles. The molecule has 1 N–H and O–H groups in total. The molecule has 0 bridgehead atoms. The zero-order valence-corrected chi connectivity index (χ0v) is 14.4. The standard InChI is InChI=1S/C17H22N4OS/c1-3-4-5-8-11-23-17-19-16-15(20-21-17)13-9-6-7-10-14(13)18-12(2)22-16/h6-7,9-10,12,18H,3-5,8,11H2,1-2H3/t12-/m1/s1. The third-order valence-electron chi connectivity index (χ3n) is 3.69. The number of nitrogens with zero attached hydrogens (tertiary/aromatic N) is 3. The van der Waals surface area contributed by atoms with Crippen LogP contribution in [0.15, 0.2) is 29.4 Å². The maximum atomic E-state index is 5.89. The van der Waals surface area contributed by atoms with Gasteiger partial charge in [0.15, 0.2) is 11.9 Å². The van der Waals surface area contributed by atoms with Gasteiger partial charge in [-0.05, 0) is 19.4 Å². The Morgan fingerprint density at radius 2 is 2.04 bits per heavy atom. The molecular formula is C17H22N4OS. The fraction of sp³-hybridized carbons (Fsp3) is 0.471. The van der Waals surface area contributed by atoms with Crippen molar-refractivity contribution >= 4 is 17.4 Å². The van der Waals surface area contributed by atoms with Crippen LogP contribution in [-0.2, 0) is 0 Å². The Labute approximate surface area is 141 Å². The van der Waals surface area contributed by atoms with Gasteiger partial charge in [-0.15, -0.1) is 10.2 Å². The van der Waals surface area contributed by atoms with E-state index in [0.717, 1.165) is 17.0 Å². The summed E-state index contributed by atoms with van der Waals surface area (Å²) in [6.45, 7) is 4.18. The van der Waals surface area contributed by atoms with E-state index >= 15 is 0 Å². The number of nitrogens with one attached hydrogen (secondary N) is 1. The van der Waals surface area contributed by atoms with Crippen molar-refractivity contribution in [1.82, 2.24) is 15.2 Å². The molecule has 122 valence electrons. The first-order valence-electron chi connectivity index (χ1n) is 8.18. The molecule has 0 saturated carbocycles. The summed E-state index contributed by atoms with van der Waals surface area (Å²) < 4.78 is 5.89. The summed E-state index contributed by atoms with van der Waals surface area (Å²) in [5.74, 6) is 1.58. The predicted octanol–water partition coefficient (Wildman–Crippen LogP) is 4.36. The smallest absolute Gasteiger partial charge is 0.247 e. The van der Waals surface area contributed by atoms with Crippen molar-refractivity contribution in [2.75, 3.05) is 11.1 Å². The summed E-state index contributed by atoms with van der Waals surface area (Å²) >= 11 is 1.65. The Hall–Kier alpha value is -1.82. The molecule has 6 heteroatoms. The number of unbranched alkanes of at least 4 members (excludes halogenated alkanes) is 3. The zero-order chi connectivity index (χ0) is 16.1. The van der Waals surface area contributed by atoms with Crippen LogP contribution in [-0.4, -0.2) is 27.2 Å². The average Bonchev–Trinajstić information content (AvgIpc) is 2.69. The third-order valence-corrected chi connectivity index (χ3v) is 4.62. The number of hydrogen-bond acceptors (Lipinski definition) is 6. The second-order valence-corrected chi connectivity index (χ2v) is 6.67. The Bertz CT molecular complexity index is 665. The van der Waals surface area contributed by atoms with Gasteiger partial charge in [0.1, 0.15) is 0 Å². The number of hydrogen-bond donors (Lipinski definition) is 1. The van der Waals surface area contributed by atoms with E-state index in [1.165, 1.54) is 25.7 Å². The fourth-order valence-corrected chi connectivity index (χ4v) is 3.31. The van der Waals surface area contributed by atoms with Gasteiger partial charge in [0.25, 0.3) is 0 Å². The number of benzene rings is 1. The quantitative estimate of drug-likeness (QED) is 0.627. The highest BCUT2D eigenvalue weighted by atomic mass is 32.2. The second-order valence-electron chi connectivity index (χ2n) is 5.61. The van der Waals surface area contributed by atoms with E-state index in [1.807, 2.05) is 31.2 Å². The first kappa shape index (κ1) is 16.1. The number of thioether (sulfide) groups is 1. The summed E-state index contributed by atoms with van der Waals surface area (Å²) in [6, 6.07) is 8.00. The summed E-state index contributed by atoms with van der Waals surface area (Å²) in [5.41, 5.74) is 2.67. The summed E-state index contributed by atoms with van der Waals surface area (Å²) in [5, 5.41) is 12.6. The molecule has 3 rings (SSSR count). The molecule has 1 aliphatic heterocycles. The molecule has 0 spiro atoms. The topological polar surface area (TPSA) is 59.9 Å². The van der Waals surface area contributed by atoms with Gasteiger partial charge in [0.05, 0.1) is 0 Å².